The quantitative estimate of drug-likeness (QED) is 0.426. The molecule has 0 bridgehead atoms. The molecular formula is C25H22N2O6S. The number of imide groups is 1. The molecule has 1 aliphatic rings. The number of para-hydroxylation sites is 1. The van der Waals surface area contributed by atoms with Gasteiger partial charge in [-0.25, -0.2) is 18.1 Å². The van der Waals surface area contributed by atoms with Crippen molar-refractivity contribution >= 4 is 33.5 Å². The summed E-state index contributed by atoms with van der Waals surface area (Å²) in [6, 6.07) is 15.8. The molecule has 0 aliphatic carbocycles. The summed E-state index contributed by atoms with van der Waals surface area (Å²) in [6.45, 7) is 4.69. The number of fused-ring (bicyclic) bond motifs is 1. The molecule has 0 radical (unpaired) electrons. The minimum Gasteiger partial charge on any atom is -0.440 e. The maximum atomic E-state index is 13.1. The minimum absolute atomic E-state index is 0.0224. The van der Waals surface area contributed by atoms with Gasteiger partial charge in [-0.1, -0.05) is 42.0 Å². The largest absolute Gasteiger partial charge is 0.440 e. The zero-order valence-electron chi connectivity index (χ0n) is 18.8. The lowest BCUT2D eigenvalue weighted by Gasteiger charge is -2.17. The van der Waals surface area contributed by atoms with Gasteiger partial charge in [0.1, 0.15) is 0 Å². The molecule has 9 heteroatoms. The number of rotatable bonds is 6. The Kier molecular flexibility index (Phi) is 5.97. The third-order valence-electron chi connectivity index (χ3n) is 5.47. The smallest absolute Gasteiger partial charge is 0.342 e. The van der Waals surface area contributed by atoms with E-state index < -0.39 is 34.5 Å². The van der Waals surface area contributed by atoms with Gasteiger partial charge in [0.2, 0.25) is 0 Å². The molecule has 8 nitrogen and oxygen atoms in total. The highest BCUT2D eigenvalue weighted by molar-refractivity contribution is 7.92. The normalized spacial score (nSPS) is 13.1. The van der Waals surface area contributed by atoms with Crippen molar-refractivity contribution in [3.8, 4) is 0 Å². The first-order chi connectivity index (χ1) is 16.1. The van der Waals surface area contributed by atoms with E-state index in [1.165, 1.54) is 24.3 Å². The highest BCUT2D eigenvalue weighted by atomic mass is 32.2. The number of esters is 1. The monoisotopic (exact) mass is 478 g/mol. The molecule has 0 fully saturated rings. The fraction of sp³-hybridized carbons (Fsp3) is 0.160. The Morgan fingerprint density at radius 3 is 2.00 bits per heavy atom. The topological polar surface area (TPSA) is 110 Å². The van der Waals surface area contributed by atoms with Gasteiger partial charge in [0.05, 0.1) is 27.3 Å². The number of carbonyl (C=O) groups excluding carboxylic acids is 3. The van der Waals surface area contributed by atoms with E-state index in [9.17, 15) is 22.8 Å². The number of nitrogens with zero attached hydrogens (tertiary/aromatic N) is 1. The molecule has 174 valence electrons. The molecule has 0 unspecified atom stereocenters. The van der Waals surface area contributed by atoms with Crippen LogP contribution in [0.5, 0.6) is 0 Å². The van der Waals surface area contributed by atoms with Crippen LogP contribution in [0, 0.1) is 20.8 Å². The average Bonchev–Trinajstić information content (AvgIpc) is 3.01. The zero-order valence-corrected chi connectivity index (χ0v) is 19.6. The number of anilines is 1. The third-order valence-corrected chi connectivity index (χ3v) is 7.14. The first kappa shape index (κ1) is 23.2. The number of aryl methyl sites for hydroxylation is 3. The van der Waals surface area contributed by atoms with E-state index in [-0.39, 0.29) is 27.3 Å². The van der Waals surface area contributed by atoms with E-state index in [2.05, 4.69) is 4.72 Å². The average molecular weight is 479 g/mol. The molecule has 1 heterocycles. The first-order valence-corrected chi connectivity index (χ1v) is 11.9. The Bertz CT molecular complexity index is 1390. The van der Waals surface area contributed by atoms with Crippen LogP contribution < -0.4 is 4.72 Å². The molecule has 1 N–H and O–H groups in total. The van der Waals surface area contributed by atoms with Gasteiger partial charge in [0.25, 0.3) is 21.8 Å². The van der Waals surface area contributed by atoms with Crippen molar-refractivity contribution < 1.29 is 27.5 Å². The van der Waals surface area contributed by atoms with Gasteiger partial charge in [-0.3, -0.25) is 14.3 Å². The molecule has 3 aromatic carbocycles. The zero-order chi connectivity index (χ0) is 24.6. The number of sulfonamides is 1. The van der Waals surface area contributed by atoms with Crippen molar-refractivity contribution in [2.24, 2.45) is 0 Å². The Morgan fingerprint density at radius 1 is 0.882 bits per heavy atom. The molecule has 0 aromatic heterocycles. The second-order valence-electron chi connectivity index (χ2n) is 8.02. The van der Waals surface area contributed by atoms with Crippen LogP contribution in [0.15, 0.2) is 65.6 Å². The number of amides is 2. The predicted molar refractivity (Wildman–Crippen MR) is 125 cm³/mol. The fourth-order valence-electron chi connectivity index (χ4n) is 4.09. The van der Waals surface area contributed by atoms with Crippen LogP contribution in [0.3, 0.4) is 0 Å². The molecule has 34 heavy (non-hydrogen) atoms. The fourth-order valence-corrected chi connectivity index (χ4v) is 5.63. The summed E-state index contributed by atoms with van der Waals surface area (Å²) in [7, 11) is -4.01. The van der Waals surface area contributed by atoms with Crippen LogP contribution >= 0.6 is 0 Å². The summed E-state index contributed by atoms with van der Waals surface area (Å²) < 4.78 is 34.0. The molecule has 0 saturated carbocycles. The summed E-state index contributed by atoms with van der Waals surface area (Å²) in [6.07, 6.45) is 0. The second kappa shape index (κ2) is 8.75. The summed E-state index contributed by atoms with van der Waals surface area (Å²) in [5, 5.41) is 0. The SMILES string of the molecule is Cc1cc(C)c(S(=O)(=O)Nc2ccccc2C(=O)OCN2C(=O)c3ccccc3C2=O)c(C)c1. The summed E-state index contributed by atoms with van der Waals surface area (Å²) in [5.74, 6) is -2.01. The maximum Gasteiger partial charge on any atom is 0.342 e. The second-order valence-corrected chi connectivity index (χ2v) is 9.64. The van der Waals surface area contributed by atoms with E-state index in [0.717, 1.165) is 10.5 Å². The van der Waals surface area contributed by atoms with Gasteiger partial charge < -0.3 is 4.74 Å². The van der Waals surface area contributed by atoms with Gasteiger partial charge in [-0.05, 0) is 56.2 Å². The molecule has 0 atom stereocenters. The van der Waals surface area contributed by atoms with Gasteiger partial charge in [0, 0.05) is 0 Å². The lowest BCUT2D eigenvalue weighted by molar-refractivity contribution is 0.0229. The van der Waals surface area contributed by atoms with Crippen LogP contribution in [0.1, 0.15) is 47.8 Å². The van der Waals surface area contributed by atoms with Gasteiger partial charge in [-0.2, -0.15) is 0 Å². The molecular weight excluding hydrogens is 456 g/mol. The van der Waals surface area contributed by atoms with Gasteiger partial charge >= 0.3 is 5.97 Å². The third kappa shape index (κ3) is 4.17. The molecule has 2 amide bonds. The van der Waals surface area contributed by atoms with Crippen LogP contribution in [0.4, 0.5) is 5.69 Å². The number of carbonyl (C=O) groups is 3. The molecule has 3 aromatic rings. The highest BCUT2D eigenvalue weighted by Gasteiger charge is 2.36. The highest BCUT2D eigenvalue weighted by Crippen LogP contribution is 2.27. The van der Waals surface area contributed by atoms with E-state index in [1.54, 1.807) is 50.2 Å². The van der Waals surface area contributed by atoms with Crippen LogP contribution in [0.25, 0.3) is 0 Å². The van der Waals surface area contributed by atoms with Crippen LogP contribution in [-0.2, 0) is 14.8 Å². The van der Waals surface area contributed by atoms with Crippen molar-refractivity contribution in [2.75, 3.05) is 11.5 Å². The van der Waals surface area contributed by atoms with Crippen molar-refractivity contribution in [2.45, 2.75) is 25.7 Å². The number of nitrogens with one attached hydrogen (secondary N) is 1. The summed E-state index contributed by atoms with van der Waals surface area (Å²) >= 11 is 0. The van der Waals surface area contributed by atoms with E-state index in [4.69, 9.17) is 4.74 Å². The summed E-state index contributed by atoms with van der Waals surface area (Å²) in [5.41, 5.74) is 2.54. The van der Waals surface area contributed by atoms with E-state index in [1.807, 2.05) is 6.92 Å². The van der Waals surface area contributed by atoms with E-state index in [0.29, 0.717) is 11.1 Å². The predicted octanol–water partition coefficient (Wildman–Crippen LogP) is 3.82. The minimum atomic E-state index is -4.01. The van der Waals surface area contributed by atoms with Crippen LogP contribution in [0.2, 0.25) is 0 Å². The van der Waals surface area contributed by atoms with Crippen LogP contribution in [-0.4, -0.2) is 37.8 Å². The molecule has 1 aliphatic heterocycles. The molecule has 0 saturated heterocycles. The Labute approximate surface area is 197 Å². The van der Waals surface area contributed by atoms with Gasteiger partial charge in [-0.15, -0.1) is 0 Å². The maximum absolute atomic E-state index is 13.1. The van der Waals surface area contributed by atoms with Crippen molar-refractivity contribution in [3.63, 3.8) is 0 Å². The first-order valence-electron chi connectivity index (χ1n) is 10.4. The van der Waals surface area contributed by atoms with Crippen molar-refractivity contribution in [3.05, 3.63) is 94.0 Å². The Balaban J connectivity index is 1.55. The number of ether oxygens (including phenoxy) is 1. The number of hydrogen-bond donors (Lipinski definition) is 1. The van der Waals surface area contributed by atoms with Crippen molar-refractivity contribution in [1.82, 2.24) is 4.90 Å². The van der Waals surface area contributed by atoms with E-state index >= 15 is 0 Å². The Morgan fingerprint density at radius 2 is 1.41 bits per heavy atom. The number of hydrogen-bond acceptors (Lipinski definition) is 6. The Hall–Kier alpha value is -3.98. The number of benzene rings is 3. The lowest BCUT2D eigenvalue weighted by atomic mass is 10.1. The standard InChI is InChI=1S/C25H22N2O6S/c1-15-12-16(2)22(17(3)13-15)34(31,32)26-21-11-7-6-10-20(21)25(30)33-14-27-23(28)18-8-4-5-9-19(18)24(27)29/h4-13,26H,14H2,1-3H3. The lowest BCUT2D eigenvalue weighted by Crippen LogP contribution is -2.33. The van der Waals surface area contributed by atoms with Gasteiger partial charge in [0.15, 0.2) is 6.73 Å². The summed E-state index contributed by atoms with van der Waals surface area (Å²) in [4.78, 5) is 38.7. The van der Waals surface area contributed by atoms with Crippen molar-refractivity contribution in [1.29, 1.82) is 0 Å². The molecule has 4 rings (SSSR count). The molecule has 0 spiro atoms.